The summed E-state index contributed by atoms with van der Waals surface area (Å²) in [4.78, 5) is 8.57. The second-order valence-electron chi connectivity index (χ2n) is 7.34. The third-order valence-electron chi connectivity index (χ3n) is 5.32. The number of hydrogen-bond donors (Lipinski definition) is 1. The van der Waals surface area contributed by atoms with Crippen molar-refractivity contribution in [3.63, 3.8) is 0 Å². The van der Waals surface area contributed by atoms with Gasteiger partial charge in [-0.05, 0) is 56.0 Å². The Hall–Kier alpha value is -1.92. The molecule has 2 aliphatic heterocycles. The highest BCUT2D eigenvalue weighted by molar-refractivity contribution is 6.29. The van der Waals surface area contributed by atoms with Crippen molar-refractivity contribution in [1.29, 1.82) is 0 Å². The summed E-state index contributed by atoms with van der Waals surface area (Å²) in [6, 6.07) is 15.8. The number of nitrogens with one attached hydrogen (secondary N) is 1. The predicted molar refractivity (Wildman–Crippen MR) is 123 cm³/mol. The number of benzene rings is 1. The molecule has 0 amide bonds. The molecule has 5 rings (SSSR count). The van der Waals surface area contributed by atoms with E-state index in [9.17, 15) is 0 Å². The van der Waals surface area contributed by atoms with Crippen molar-refractivity contribution in [2.24, 2.45) is 0 Å². The highest BCUT2D eigenvalue weighted by Gasteiger charge is 2.23. The molecule has 7 heteroatoms. The van der Waals surface area contributed by atoms with Gasteiger partial charge >= 0.3 is 0 Å². The van der Waals surface area contributed by atoms with Gasteiger partial charge in [-0.2, -0.15) is 0 Å². The van der Waals surface area contributed by atoms with Crippen molar-refractivity contribution in [2.75, 3.05) is 26.3 Å². The summed E-state index contributed by atoms with van der Waals surface area (Å²) in [6.07, 6.45) is 5.32. The predicted octanol–water partition coefficient (Wildman–Crippen LogP) is 5.03. The maximum absolute atomic E-state index is 6.05. The fraction of sp³-hybridized carbons (Fsp3) is 0.391. The fourth-order valence-electron chi connectivity index (χ4n) is 3.75. The molecule has 0 aliphatic carbocycles. The van der Waals surface area contributed by atoms with E-state index in [1.165, 1.54) is 5.56 Å². The number of aromatic nitrogens is 2. The minimum Gasteiger partial charge on any atom is -0.473 e. The summed E-state index contributed by atoms with van der Waals surface area (Å²) in [6.45, 7) is 3.68. The van der Waals surface area contributed by atoms with Gasteiger partial charge in [0, 0.05) is 36.9 Å². The van der Waals surface area contributed by atoms with Crippen LogP contribution in [0.3, 0.4) is 0 Å². The van der Waals surface area contributed by atoms with Crippen molar-refractivity contribution in [3.8, 4) is 5.88 Å². The molecule has 2 saturated heterocycles. The van der Waals surface area contributed by atoms with Gasteiger partial charge in [-0.25, -0.2) is 9.97 Å². The number of rotatable bonds is 3. The van der Waals surface area contributed by atoms with E-state index in [0.29, 0.717) is 11.1 Å². The third kappa shape index (κ3) is 6.05. The van der Waals surface area contributed by atoms with Gasteiger partial charge in [0.25, 0.3) is 0 Å². The average Bonchev–Trinajstić information content (AvgIpc) is 3.28. The molecule has 160 valence electrons. The zero-order chi connectivity index (χ0) is 19.9. The number of para-hydroxylation sites is 1. The molecule has 2 aliphatic rings. The van der Waals surface area contributed by atoms with Gasteiger partial charge in [-0.1, -0.05) is 35.9 Å². The van der Waals surface area contributed by atoms with Gasteiger partial charge in [-0.15, -0.1) is 12.4 Å². The number of halogens is 2. The molecule has 0 unspecified atom stereocenters. The standard InChI is InChI=1S/C14H20N2O2.C9H6ClN.ClH/c1-2-13(11-4-8-17-9-5-11)14(16-6-1)18-12-3-7-15-10-12;10-9-6-5-7-3-1-2-4-8(7)11-9;/h1-2,6,11-12,15H,3-5,7-10H2;1-6H;1H/t12-;;/m0../s1. The minimum atomic E-state index is 0. The van der Waals surface area contributed by atoms with E-state index in [1.807, 2.05) is 42.6 Å². The smallest absolute Gasteiger partial charge is 0.217 e. The SMILES string of the molecule is Cl.Clc1ccc2ccccc2n1.c1cnc(O[C@H]2CCNC2)c(C2CCOCC2)c1. The van der Waals surface area contributed by atoms with Crippen LogP contribution in [0.1, 0.15) is 30.7 Å². The molecular formula is C23H27Cl2N3O2. The van der Waals surface area contributed by atoms with E-state index < -0.39 is 0 Å². The maximum atomic E-state index is 6.05. The molecule has 1 atom stereocenters. The average molecular weight is 448 g/mol. The van der Waals surface area contributed by atoms with E-state index in [4.69, 9.17) is 21.1 Å². The first kappa shape index (κ1) is 22.8. The Labute approximate surface area is 188 Å². The first-order chi connectivity index (χ1) is 14.3. The Kier molecular flexibility index (Phi) is 8.70. The zero-order valence-corrected chi connectivity index (χ0v) is 18.4. The molecule has 2 fully saturated rings. The van der Waals surface area contributed by atoms with Crippen molar-refractivity contribution >= 4 is 34.9 Å². The summed E-state index contributed by atoms with van der Waals surface area (Å²) < 4.78 is 11.5. The van der Waals surface area contributed by atoms with Crippen LogP contribution in [-0.4, -0.2) is 42.4 Å². The van der Waals surface area contributed by atoms with Crippen LogP contribution in [0.2, 0.25) is 5.15 Å². The van der Waals surface area contributed by atoms with Gasteiger partial charge in [0.05, 0.1) is 5.52 Å². The second-order valence-corrected chi connectivity index (χ2v) is 7.73. The topological polar surface area (TPSA) is 56.3 Å². The summed E-state index contributed by atoms with van der Waals surface area (Å²) in [5.74, 6) is 1.37. The first-order valence-electron chi connectivity index (χ1n) is 10.2. The normalized spacial score (nSPS) is 18.9. The lowest BCUT2D eigenvalue weighted by atomic mass is 9.92. The van der Waals surface area contributed by atoms with Gasteiger partial charge in [0.2, 0.25) is 5.88 Å². The van der Waals surface area contributed by atoms with Gasteiger partial charge < -0.3 is 14.8 Å². The van der Waals surface area contributed by atoms with Crippen LogP contribution in [0.5, 0.6) is 5.88 Å². The van der Waals surface area contributed by atoms with Crippen LogP contribution in [0.4, 0.5) is 0 Å². The van der Waals surface area contributed by atoms with Crippen LogP contribution in [0, 0.1) is 0 Å². The van der Waals surface area contributed by atoms with Gasteiger partial charge in [0.1, 0.15) is 11.3 Å². The molecular weight excluding hydrogens is 421 g/mol. The number of hydrogen-bond acceptors (Lipinski definition) is 5. The summed E-state index contributed by atoms with van der Waals surface area (Å²) >= 11 is 5.71. The van der Waals surface area contributed by atoms with Gasteiger partial charge in [-0.3, -0.25) is 0 Å². The number of fused-ring (bicyclic) bond motifs is 1. The quantitative estimate of drug-likeness (QED) is 0.570. The Balaban J connectivity index is 0.000000184. The summed E-state index contributed by atoms with van der Waals surface area (Å²) in [7, 11) is 0. The highest BCUT2D eigenvalue weighted by Crippen LogP contribution is 2.32. The van der Waals surface area contributed by atoms with Crippen molar-refractivity contribution < 1.29 is 9.47 Å². The maximum Gasteiger partial charge on any atom is 0.217 e. The van der Waals surface area contributed by atoms with Crippen LogP contribution in [0.25, 0.3) is 10.9 Å². The molecule has 0 bridgehead atoms. The third-order valence-corrected chi connectivity index (χ3v) is 5.53. The largest absolute Gasteiger partial charge is 0.473 e. The van der Waals surface area contributed by atoms with E-state index >= 15 is 0 Å². The zero-order valence-electron chi connectivity index (χ0n) is 16.8. The molecule has 0 radical (unpaired) electrons. The van der Waals surface area contributed by atoms with Gasteiger partial charge in [0.15, 0.2) is 0 Å². The van der Waals surface area contributed by atoms with Crippen molar-refractivity contribution in [2.45, 2.75) is 31.3 Å². The lowest BCUT2D eigenvalue weighted by Crippen LogP contribution is -2.22. The Morgan fingerprint density at radius 2 is 1.83 bits per heavy atom. The van der Waals surface area contributed by atoms with Crippen molar-refractivity contribution in [1.82, 2.24) is 15.3 Å². The number of nitrogens with zero attached hydrogens (tertiary/aromatic N) is 2. The Morgan fingerprint density at radius 1 is 1.00 bits per heavy atom. The molecule has 30 heavy (non-hydrogen) atoms. The summed E-state index contributed by atoms with van der Waals surface area (Å²) in [5.41, 5.74) is 2.20. The van der Waals surface area contributed by atoms with E-state index in [1.54, 1.807) is 6.07 Å². The fourth-order valence-corrected chi connectivity index (χ4v) is 3.90. The molecule has 5 nitrogen and oxygen atoms in total. The van der Waals surface area contributed by atoms with Crippen LogP contribution in [0.15, 0.2) is 54.7 Å². The van der Waals surface area contributed by atoms with Crippen molar-refractivity contribution in [3.05, 3.63) is 65.4 Å². The lowest BCUT2D eigenvalue weighted by Gasteiger charge is -2.24. The minimum absolute atomic E-state index is 0. The molecule has 3 aromatic rings. The highest BCUT2D eigenvalue weighted by atomic mass is 35.5. The van der Waals surface area contributed by atoms with Crippen LogP contribution < -0.4 is 10.1 Å². The second kappa shape index (κ2) is 11.5. The van der Waals surface area contributed by atoms with Crippen LogP contribution >= 0.6 is 24.0 Å². The molecule has 0 spiro atoms. The first-order valence-corrected chi connectivity index (χ1v) is 10.6. The van der Waals surface area contributed by atoms with E-state index in [-0.39, 0.29) is 18.5 Å². The Bertz CT molecular complexity index is 929. The number of ether oxygens (including phenoxy) is 2. The summed E-state index contributed by atoms with van der Waals surface area (Å²) in [5, 5.41) is 4.99. The van der Waals surface area contributed by atoms with E-state index in [2.05, 4.69) is 21.4 Å². The molecule has 0 saturated carbocycles. The van der Waals surface area contributed by atoms with E-state index in [0.717, 1.165) is 62.3 Å². The van der Waals surface area contributed by atoms with Crippen LogP contribution in [-0.2, 0) is 4.74 Å². The Morgan fingerprint density at radius 3 is 2.63 bits per heavy atom. The molecule has 4 heterocycles. The lowest BCUT2D eigenvalue weighted by molar-refractivity contribution is 0.0839. The molecule has 1 aromatic carbocycles. The molecule has 2 aromatic heterocycles. The number of pyridine rings is 2. The monoisotopic (exact) mass is 447 g/mol. The molecule has 1 N–H and O–H groups in total.